The number of halogens is 1. The lowest BCUT2D eigenvalue weighted by Gasteiger charge is -2.15. The summed E-state index contributed by atoms with van der Waals surface area (Å²) in [5.41, 5.74) is 1.03. The van der Waals surface area contributed by atoms with Crippen molar-refractivity contribution >= 4 is 17.5 Å². The molecular weight excluding hydrogens is 292 g/mol. The lowest BCUT2D eigenvalue weighted by Crippen LogP contribution is -2.30. The van der Waals surface area contributed by atoms with E-state index >= 15 is 0 Å². The van der Waals surface area contributed by atoms with Gasteiger partial charge < -0.3 is 19.7 Å². The molecule has 1 saturated heterocycles. The molecular formula is C15H19ClN2O3. The Kier molecular flexibility index (Phi) is 4.51. The first-order valence-corrected chi connectivity index (χ1v) is 7.68. The van der Waals surface area contributed by atoms with Gasteiger partial charge in [-0.25, -0.2) is 0 Å². The summed E-state index contributed by atoms with van der Waals surface area (Å²) in [6.07, 6.45) is 2.81. The van der Waals surface area contributed by atoms with E-state index in [0.29, 0.717) is 36.0 Å². The number of ether oxygens (including phenoxy) is 2. The monoisotopic (exact) mass is 310 g/mol. The normalized spacial score (nSPS) is 16.5. The molecule has 5 nitrogen and oxygen atoms in total. The number of nitrogens with zero attached hydrogens (tertiary/aromatic N) is 1. The van der Waals surface area contributed by atoms with E-state index in [1.165, 1.54) is 0 Å². The molecule has 0 saturated carbocycles. The fourth-order valence-corrected chi connectivity index (χ4v) is 2.96. The van der Waals surface area contributed by atoms with Crippen molar-refractivity contribution in [1.29, 1.82) is 0 Å². The first kappa shape index (κ1) is 14.5. The second-order valence-corrected chi connectivity index (χ2v) is 5.73. The van der Waals surface area contributed by atoms with Crippen LogP contribution < -0.4 is 14.8 Å². The van der Waals surface area contributed by atoms with Gasteiger partial charge >= 0.3 is 0 Å². The summed E-state index contributed by atoms with van der Waals surface area (Å²) in [6, 6.07) is 3.79. The quantitative estimate of drug-likeness (QED) is 0.847. The maximum absolute atomic E-state index is 11.9. The highest BCUT2D eigenvalue weighted by Gasteiger charge is 2.19. The molecule has 0 unspecified atom stereocenters. The molecule has 1 fully saturated rings. The van der Waals surface area contributed by atoms with Crippen LogP contribution in [0.25, 0.3) is 0 Å². The second kappa shape index (κ2) is 6.54. The molecule has 0 aliphatic carbocycles. The smallest absolute Gasteiger partial charge is 0.231 e. The van der Waals surface area contributed by atoms with Gasteiger partial charge in [0.1, 0.15) is 0 Å². The van der Waals surface area contributed by atoms with Gasteiger partial charge in [-0.15, -0.1) is 0 Å². The number of carbonyl (C=O) groups excluding carboxylic acids is 1. The van der Waals surface area contributed by atoms with Gasteiger partial charge in [0, 0.05) is 32.6 Å². The summed E-state index contributed by atoms with van der Waals surface area (Å²) in [6.45, 7) is 3.37. The molecule has 21 heavy (non-hydrogen) atoms. The van der Waals surface area contributed by atoms with Crippen molar-refractivity contribution < 1.29 is 14.3 Å². The fraction of sp³-hybridized carbons (Fsp3) is 0.533. The van der Waals surface area contributed by atoms with Gasteiger partial charge in [0.2, 0.25) is 12.7 Å². The SMILES string of the molecule is O=C(CCNCc1cc(Cl)c2c(c1)OCO2)N1CCCC1. The minimum Gasteiger partial charge on any atom is -0.454 e. The highest BCUT2D eigenvalue weighted by molar-refractivity contribution is 6.32. The molecule has 0 bridgehead atoms. The summed E-state index contributed by atoms with van der Waals surface area (Å²) in [4.78, 5) is 13.8. The molecule has 0 radical (unpaired) electrons. The van der Waals surface area contributed by atoms with Crippen LogP contribution in [0.15, 0.2) is 12.1 Å². The van der Waals surface area contributed by atoms with Crippen molar-refractivity contribution in [1.82, 2.24) is 10.2 Å². The third-order valence-corrected chi connectivity index (χ3v) is 4.07. The Bertz CT molecular complexity index is 530. The standard InChI is InChI=1S/C15H19ClN2O3/c16-12-7-11(8-13-15(12)21-10-20-13)9-17-4-3-14(19)18-5-1-2-6-18/h7-8,17H,1-6,9-10H2. The number of fused-ring (bicyclic) bond motifs is 1. The van der Waals surface area contributed by atoms with Gasteiger partial charge in [0.25, 0.3) is 0 Å². The summed E-state index contributed by atoms with van der Waals surface area (Å²) < 4.78 is 10.6. The van der Waals surface area contributed by atoms with E-state index < -0.39 is 0 Å². The molecule has 2 heterocycles. The number of nitrogens with one attached hydrogen (secondary N) is 1. The fourth-order valence-electron chi connectivity index (χ4n) is 2.68. The minimum atomic E-state index is 0.219. The molecule has 0 aromatic heterocycles. The Morgan fingerprint density at radius 3 is 2.90 bits per heavy atom. The van der Waals surface area contributed by atoms with Gasteiger partial charge in [-0.05, 0) is 30.5 Å². The van der Waals surface area contributed by atoms with E-state index in [1.807, 2.05) is 17.0 Å². The average Bonchev–Trinajstić information content (AvgIpc) is 3.14. The van der Waals surface area contributed by atoms with Crippen LogP contribution in [0.3, 0.4) is 0 Å². The van der Waals surface area contributed by atoms with Crippen LogP contribution in [0.1, 0.15) is 24.8 Å². The molecule has 1 aromatic rings. The molecule has 3 rings (SSSR count). The Morgan fingerprint density at radius 1 is 1.29 bits per heavy atom. The molecule has 2 aliphatic rings. The van der Waals surface area contributed by atoms with Crippen molar-refractivity contribution in [3.63, 3.8) is 0 Å². The zero-order chi connectivity index (χ0) is 14.7. The molecule has 0 spiro atoms. The lowest BCUT2D eigenvalue weighted by atomic mass is 10.2. The van der Waals surface area contributed by atoms with Crippen LogP contribution in [0.5, 0.6) is 11.5 Å². The molecule has 1 N–H and O–H groups in total. The van der Waals surface area contributed by atoms with Crippen LogP contribution in [0.4, 0.5) is 0 Å². The van der Waals surface area contributed by atoms with Gasteiger partial charge in [-0.2, -0.15) is 0 Å². The lowest BCUT2D eigenvalue weighted by molar-refractivity contribution is -0.130. The van der Waals surface area contributed by atoms with Crippen molar-refractivity contribution in [3.8, 4) is 11.5 Å². The minimum absolute atomic E-state index is 0.219. The van der Waals surface area contributed by atoms with E-state index in [1.54, 1.807) is 0 Å². The molecule has 1 amide bonds. The Hall–Kier alpha value is -1.46. The third-order valence-electron chi connectivity index (χ3n) is 3.79. The summed E-state index contributed by atoms with van der Waals surface area (Å²) in [5, 5.41) is 3.84. The number of rotatable bonds is 5. The van der Waals surface area contributed by atoms with Crippen LogP contribution in [0.2, 0.25) is 5.02 Å². The summed E-state index contributed by atoms with van der Waals surface area (Å²) in [5.74, 6) is 1.54. The van der Waals surface area contributed by atoms with E-state index in [2.05, 4.69) is 5.32 Å². The third kappa shape index (κ3) is 3.41. The van der Waals surface area contributed by atoms with Gasteiger partial charge in [-0.3, -0.25) is 4.79 Å². The largest absolute Gasteiger partial charge is 0.454 e. The summed E-state index contributed by atoms with van der Waals surface area (Å²) in [7, 11) is 0. The summed E-state index contributed by atoms with van der Waals surface area (Å²) >= 11 is 6.13. The van der Waals surface area contributed by atoms with Crippen LogP contribution in [0, 0.1) is 0 Å². The molecule has 6 heteroatoms. The van der Waals surface area contributed by atoms with E-state index in [4.69, 9.17) is 21.1 Å². The van der Waals surface area contributed by atoms with Crippen molar-refractivity contribution in [2.45, 2.75) is 25.8 Å². The number of carbonyl (C=O) groups is 1. The van der Waals surface area contributed by atoms with Gasteiger partial charge in [-0.1, -0.05) is 11.6 Å². The zero-order valence-electron chi connectivity index (χ0n) is 11.9. The van der Waals surface area contributed by atoms with E-state index in [0.717, 1.165) is 31.5 Å². The van der Waals surface area contributed by atoms with Gasteiger partial charge in [0.15, 0.2) is 11.5 Å². The van der Waals surface area contributed by atoms with Crippen LogP contribution >= 0.6 is 11.6 Å². The first-order valence-electron chi connectivity index (χ1n) is 7.30. The number of hydrogen-bond acceptors (Lipinski definition) is 4. The Balaban J connectivity index is 1.45. The Labute approximate surface area is 129 Å². The first-order chi connectivity index (χ1) is 10.2. The topological polar surface area (TPSA) is 50.8 Å². The van der Waals surface area contributed by atoms with Crippen molar-refractivity contribution in [3.05, 3.63) is 22.7 Å². The maximum atomic E-state index is 11.9. The molecule has 1 aromatic carbocycles. The van der Waals surface area contributed by atoms with Crippen LogP contribution in [-0.2, 0) is 11.3 Å². The second-order valence-electron chi connectivity index (χ2n) is 5.33. The number of amides is 1. The van der Waals surface area contributed by atoms with E-state index in [-0.39, 0.29) is 12.7 Å². The number of hydrogen-bond donors (Lipinski definition) is 1. The zero-order valence-corrected chi connectivity index (χ0v) is 12.6. The molecule has 0 atom stereocenters. The van der Waals surface area contributed by atoms with E-state index in [9.17, 15) is 4.79 Å². The maximum Gasteiger partial charge on any atom is 0.231 e. The van der Waals surface area contributed by atoms with Crippen LogP contribution in [-0.4, -0.2) is 37.2 Å². The highest BCUT2D eigenvalue weighted by atomic mass is 35.5. The number of likely N-dealkylation sites (tertiary alicyclic amines) is 1. The number of benzene rings is 1. The predicted molar refractivity (Wildman–Crippen MR) is 79.7 cm³/mol. The van der Waals surface area contributed by atoms with Crippen molar-refractivity contribution in [2.24, 2.45) is 0 Å². The molecule has 114 valence electrons. The average molecular weight is 311 g/mol. The predicted octanol–water partition coefficient (Wildman–Crippen LogP) is 2.17. The highest BCUT2D eigenvalue weighted by Crippen LogP contribution is 2.39. The van der Waals surface area contributed by atoms with Crippen molar-refractivity contribution in [2.75, 3.05) is 26.4 Å². The van der Waals surface area contributed by atoms with Gasteiger partial charge in [0.05, 0.1) is 5.02 Å². The molecule has 2 aliphatic heterocycles. The Morgan fingerprint density at radius 2 is 2.10 bits per heavy atom.